The minimum absolute atomic E-state index is 0.511. The van der Waals surface area contributed by atoms with Crippen molar-refractivity contribution in [2.24, 2.45) is 0 Å². The Hall–Kier alpha value is -0.0900. The summed E-state index contributed by atoms with van der Waals surface area (Å²) in [5.41, 5.74) is 0. The minimum atomic E-state index is -3.83. The number of hydrogen-bond donors (Lipinski definition) is 1. The summed E-state index contributed by atoms with van der Waals surface area (Å²) in [4.78, 5) is 0. The summed E-state index contributed by atoms with van der Waals surface area (Å²) in [6.07, 6.45) is 16.4. The van der Waals surface area contributed by atoms with Crippen molar-refractivity contribution in [1.82, 2.24) is 0 Å². The van der Waals surface area contributed by atoms with Crippen LogP contribution in [0, 0.1) is 0 Å². The fourth-order valence-corrected chi connectivity index (χ4v) is 3.66. The van der Waals surface area contributed by atoms with Gasteiger partial charge < -0.3 is 0 Å². The molecule has 0 aliphatic heterocycles. The topological polar surface area (TPSA) is 54.4 Å². The molecule has 0 amide bonds. The summed E-state index contributed by atoms with van der Waals surface area (Å²) < 4.78 is 31.1. The predicted octanol–water partition coefficient (Wildman–Crippen LogP) is 5.74. The second-order valence-corrected chi connectivity index (χ2v) is 7.92. The van der Waals surface area contributed by atoms with Gasteiger partial charge in [0.2, 0.25) is 0 Å². The third kappa shape index (κ3) is 13.3. The first kappa shape index (κ1) is 20.9. The van der Waals surface area contributed by atoms with E-state index in [4.69, 9.17) is 4.55 Å². The zero-order valence-corrected chi connectivity index (χ0v) is 15.0. The van der Waals surface area contributed by atoms with E-state index >= 15 is 0 Å². The van der Waals surface area contributed by atoms with E-state index in [0.29, 0.717) is 12.8 Å². The normalized spacial score (nSPS) is 13.5. The summed E-state index contributed by atoms with van der Waals surface area (Å²) in [5, 5.41) is -0.555. The van der Waals surface area contributed by atoms with E-state index in [0.717, 1.165) is 12.8 Å². The second-order valence-electron chi connectivity index (χ2n) is 6.22. The van der Waals surface area contributed by atoms with Crippen LogP contribution in [-0.4, -0.2) is 18.2 Å². The van der Waals surface area contributed by atoms with Crippen LogP contribution >= 0.6 is 0 Å². The molecule has 0 bridgehead atoms. The smallest absolute Gasteiger partial charge is 0.267 e. The van der Waals surface area contributed by atoms with Crippen molar-refractivity contribution in [1.29, 1.82) is 0 Å². The Labute approximate surface area is 132 Å². The van der Waals surface area contributed by atoms with Crippen molar-refractivity contribution in [2.75, 3.05) is 0 Å². The Kier molecular flexibility index (Phi) is 13.5. The maximum atomic E-state index is 11.1. The Morgan fingerprint density at radius 2 is 1.10 bits per heavy atom. The van der Waals surface area contributed by atoms with Gasteiger partial charge in [-0.15, -0.1) is 0 Å². The van der Waals surface area contributed by atoms with Gasteiger partial charge in [-0.25, -0.2) is 0 Å². The molecule has 4 heteroatoms. The van der Waals surface area contributed by atoms with Crippen molar-refractivity contribution >= 4 is 10.1 Å². The van der Waals surface area contributed by atoms with Crippen LogP contribution in [0.25, 0.3) is 0 Å². The number of rotatable bonds is 15. The van der Waals surface area contributed by atoms with Crippen LogP contribution in [0.5, 0.6) is 0 Å². The maximum absolute atomic E-state index is 11.1. The average Bonchev–Trinajstić information content (AvgIpc) is 2.42. The number of hydrogen-bond acceptors (Lipinski definition) is 2. The Bertz CT molecular complexity index is 312. The highest BCUT2D eigenvalue weighted by Crippen LogP contribution is 2.16. The molecule has 0 heterocycles. The summed E-state index contributed by atoms with van der Waals surface area (Å²) in [6.45, 7) is 4.07. The first-order chi connectivity index (χ1) is 10.0. The van der Waals surface area contributed by atoms with E-state index in [-0.39, 0.29) is 0 Å². The van der Waals surface area contributed by atoms with Crippen LogP contribution in [0.3, 0.4) is 0 Å². The van der Waals surface area contributed by atoms with Gasteiger partial charge in [0.1, 0.15) is 0 Å². The zero-order chi connectivity index (χ0) is 16.0. The molecule has 0 aromatic carbocycles. The molecular formula is C17H36O3S. The van der Waals surface area contributed by atoms with E-state index in [1.54, 1.807) is 0 Å². The molecule has 3 nitrogen and oxygen atoms in total. The van der Waals surface area contributed by atoms with E-state index in [2.05, 4.69) is 6.92 Å². The molecule has 0 spiro atoms. The largest absolute Gasteiger partial charge is 0.285 e. The highest BCUT2D eigenvalue weighted by molar-refractivity contribution is 7.86. The molecule has 1 unspecified atom stereocenters. The van der Waals surface area contributed by atoms with Crippen molar-refractivity contribution in [2.45, 2.75) is 109 Å². The van der Waals surface area contributed by atoms with Crippen LogP contribution in [0.15, 0.2) is 0 Å². The van der Waals surface area contributed by atoms with Gasteiger partial charge >= 0.3 is 0 Å². The standard InChI is InChI=1S/C17H36O3S/c1-3-5-6-7-8-9-10-11-12-13-14-15-16-17(4-2)21(18,19)20/h17H,3-16H2,1-2H3,(H,18,19,20). The molecule has 0 rings (SSSR count). The van der Waals surface area contributed by atoms with Crippen LogP contribution in [0.1, 0.15) is 104 Å². The third-order valence-corrected chi connectivity index (χ3v) is 5.67. The molecule has 0 saturated heterocycles. The van der Waals surface area contributed by atoms with Gasteiger partial charge in [-0.3, -0.25) is 4.55 Å². The van der Waals surface area contributed by atoms with Crippen LogP contribution in [-0.2, 0) is 10.1 Å². The molecule has 128 valence electrons. The Morgan fingerprint density at radius 1 is 0.714 bits per heavy atom. The molecule has 0 aromatic rings. The first-order valence-corrected chi connectivity index (χ1v) is 10.5. The van der Waals surface area contributed by atoms with Gasteiger partial charge in [0.15, 0.2) is 0 Å². The zero-order valence-electron chi connectivity index (χ0n) is 14.1. The van der Waals surface area contributed by atoms with Crippen LogP contribution < -0.4 is 0 Å². The predicted molar refractivity (Wildman–Crippen MR) is 91.3 cm³/mol. The van der Waals surface area contributed by atoms with Crippen LogP contribution in [0.2, 0.25) is 0 Å². The minimum Gasteiger partial charge on any atom is -0.285 e. The summed E-state index contributed by atoms with van der Waals surface area (Å²) in [6, 6.07) is 0. The third-order valence-electron chi connectivity index (χ3n) is 4.26. The van der Waals surface area contributed by atoms with Crippen molar-refractivity contribution in [3.8, 4) is 0 Å². The monoisotopic (exact) mass is 320 g/mol. The molecule has 21 heavy (non-hydrogen) atoms. The van der Waals surface area contributed by atoms with Gasteiger partial charge in [0.25, 0.3) is 10.1 Å². The Balaban J connectivity index is 3.29. The average molecular weight is 321 g/mol. The van der Waals surface area contributed by atoms with E-state index in [1.807, 2.05) is 6.92 Å². The van der Waals surface area contributed by atoms with Crippen molar-refractivity contribution in [3.05, 3.63) is 0 Å². The van der Waals surface area contributed by atoms with E-state index < -0.39 is 15.4 Å². The fraction of sp³-hybridized carbons (Fsp3) is 1.00. The Morgan fingerprint density at radius 3 is 1.43 bits per heavy atom. The molecule has 1 N–H and O–H groups in total. The van der Waals surface area contributed by atoms with Gasteiger partial charge in [-0.05, 0) is 12.8 Å². The first-order valence-electron chi connectivity index (χ1n) is 8.98. The summed E-state index contributed by atoms with van der Waals surface area (Å²) in [5.74, 6) is 0. The van der Waals surface area contributed by atoms with Crippen molar-refractivity contribution in [3.63, 3.8) is 0 Å². The maximum Gasteiger partial charge on any atom is 0.267 e. The number of unbranched alkanes of at least 4 members (excludes halogenated alkanes) is 11. The van der Waals surface area contributed by atoms with Gasteiger partial charge in [0, 0.05) is 0 Å². The van der Waals surface area contributed by atoms with E-state index in [1.165, 1.54) is 64.2 Å². The van der Waals surface area contributed by atoms with Crippen molar-refractivity contribution < 1.29 is 13.0 Å². The highest BCUT2D eigenvalue weighted by atomic mass is 32.2. The van der Waals surface area contributed by atoms with Gasteiger partial charge in [0.05, 0.1) is 5.25 Å². The lowest BCUT2D eigenvalue weighted by Gasteiger charge is -2.10. The quantitative estimate of drug-likeness (QED) is 0.309. The molecule has 0 radical (unpaired) electrons. The molecular weight excluding hydrogens is 284 g/mol. The van der Waals surface area contributed by atoms with E-state index in [9.17, 15) is 8.42 Å². The molecule has 0 aliphatic rings. The lowest BCUT2D eigenvalue weighted by molar-refractivity contribution is 0.452. The molecule has 0 aliphatic carbocycles. The second kappa shape index (κ2) is 13.6. The highest BCUT2D eigenvalue weighted by Gasteiger charge is 2.19. The molecule has 0 aromatic heterocycles. The molecule has 0 fully saturated rings. The lowest BCUT2D eigenvalue weighted by Crippen LogP contribution is -2.19. The van der Waals surface area contributed by atoms with Gasteiger partial charge in [-0.2, -0.15) is 8.42 Å². The fourth-order valence-electron chi connectivity index (χ4n) is 2.78. The molecule has 0 saturated carbocycles. The van der Waals surface area contributed by atoms with Crippen LogP contribution in [0.4, 0.5) is 0 Å². The SMILES string of the molecule is CCCCCCCCCCCCCCC(CC)S(=O)(=O)O. The molecule has 1 atom stereocenters. The lowest BCUT2D eigenvalue weighted by atomic mass is 10.0. The summed E-state index contributed by atoms with van der Waals surface area (Å²) in [7, 11) is -3.83. The van der Waals surface area contributed by atoms with Gasteiger partial charge in [-0.1, -0.05) is 90.9 Å². The summed E-state index contributed by atoms with van der Waals surface area (Å²) >= 11 is 0.